The third-order valence-electron chi connectivity index (χ3n) is 2.86. The number of amides is 1. The summed E-state index contributed by atoms with van der Waals surface area (Å²) in [6.45, 7) is 1.64. The molecule has 1 amide bonds. The maximum Gasteiger partial charge on any atom is 0.270 e. The Kier molecular flexibility index (Phi) is 3.84. The van der Waals surface area contributed by atoms with Crippen LogP contribution >= 0.6 is 0 Å². The number of rotatable bonds is 3. The van der Waals surface area contributed by atoms with Crippen molar-refractivity contribution in [2.75, 3.05) is 5.32 Å². The molecule has 0 saturated carbocycles. The molecular formula is C14H11FN2O4. The second kappa shape index (κ2) is 5.58. The predicted octanol–water partition coefficient (Wildman–Crippen LogP) is 3.00. The highest BCUT2D eigenvalue weighted by molar-refractivity contribution is 6.04. The van der Waals surface area contributed by atoms with Crippen LogP contribution in [0.4, 0.5) is 15.8 Å². The van der Waals surface area contributed by atoms with Gasteiger partial charge in [-0.2, -0.15) is 0 Å². The second-order valence-electron chi connectivity index (χ2n) is 4.38. The summed E-state index contributed by atoms with van der Waals surface area (Å²) in [7, 11) is 0. The van der Waals surface area contributed by atoms with Gasteiger partial charge in [0.05, 0.1) is 10.5 Å². The quantitative estimate of drug-likeness (QED) is 0.516. The lowest BCUT2D eigenvalue weighted by Crippen LogP contribution is -2.14. The van der Waals surface area contributed by atoms with Crippen molar-refractivity contribution in [1.82, 2.24) is 0 Å². The first-order chi connectivity index (χ1) is 9.88. The van der Waals surface area contributed by atoms with Crippen LogP contribution in [0.1, 0.15) is 15.9 Å². The minimum absolute atomic E-state index is 0.0644. The average molecular weight is 290 g/mol. The molecule has 0 aliphatic rings. The lowest BCUT2D eigenvalue weighted by atomic mass is 10.1. The molecule has 0 aromatic heterocycles. The SMILES string of the molecule is Cc1cc(NC(=O)c2cc([N+](=O)[O-])ccc2F)ccc1O. The summed E-state index contributed by atoms with van der Waals surface area (Å²) in [4.78, 5) is 21.9. The number of phenolic OH excluding ortho intramolecular Hbond substituents is 1. The van der Waals surface area contributed by atoms with Gasteiger partial charge < -0.3 is 10.4 Å². The number of hydrogen-bond donors (Lipinski definition) is 2. The molecule has 0 atom stereocenters. The molecule has 7 heteroatoms. The molecule has 0 saturated heterocycles. The van der Waals surface area contributed by atoms with E-state index in [0.717, 1.165) is 18.2 Å². The number of carbonyl (C=O) groups excluding carboxylic acids is 1. The summed E-state index contributed by atoms with van der Waals surface area (Å²) >= 11 is 0. The number of phenols is 1. The van der Waals surface area contributed by atoms with E-state index < -0.39 is 22.2 Å². The lowest BCUT2D eigenvalue weighted by molar-refractivity contribution is -0.384. The number of anilines is 1. The van der Waals surface area contributed by atoms with E-state index in [1.54, 1.807) is 6.92 Å². The fourth-order valence-corrected chi connectivity index (χ4v) is 1.73. The summed E-state index contributed by atoms with van der Waals surface area (Å²) in [5.74, 6) is -1.59. The summed E-state index contributed by atoms with van der Waals surface area (Å²) in [5, 5.41) is 22.5. The molecule has 0 spiro atoms. The van der Waals surface area contributed by atoms with Gasteiger partial charge in [-0.1, -0.05) is 0 Å². The van der Waals surface area contributed by atoms with Crippen LogP contribution in [0.3, 0.4) is 0 Å². The van der Waals surface area contributed by atoms with E-state index in [-0.39, 0.29) is 11.4 Å². The zero-order valence-corrected chi connectivity index (χ0v) is 11.0. The first kappa shape index (κ1) is 14.4. The highest BCUT2D eigenvalue weighted by Crippen LogP contribution is 2.22. The molecule has 2 aromatic rings. The maximum absolute atomic E-state index is 13.6. The smallest absolute Gasteiger partial charge is 0.270 e. The fourth-order valence-electron chi connectivity index (χ4n) is 1.73. The summed E-state index contributed by atoms with van der Waals surface area (Å²) in [6.07, 6.45) is 0. The van der Waals surface area contributed by atoms with Crippen molar-refractivity contribution in [2.45, 2.75) is 6.92 Å². The lowest BCUT2D eigenvalue weighted by Gasteiger charge is -2.07. The van der Waals surface area contributed by atoms with E-state index in [1.807, 2.05) is 0 Å². The number of nitrogens with zero attached hydrogens (tertiary/aromatic N) is 1. The summed E-state index contributed by atoms with van der Waals surface area (Å²) < 4.78 is 13.6. The van der Waals surface area contributed by atoms with Crippen LogP contribution < -0.4 is 5.32 Å². The van der Waals surface area contributed by atoms with E-state index in [0.29, 0.717) is 11.3 Å². The Morgan fingerprint density at radius 2 is 2.00 bits per heavy atom. The van der Waals surface area contributed by atoms with Crippen molar-refractivity contribution in [2.24, 2.45) is 0 Å². The van der Waals surface area contributed by atoms with E-state index in [9.17, 15) is 24.4 Å². The minimum Gasteiger partial charge on any atom is -0.508 e. The van der Waals surface area contributed by atoms with Gasteiger partial charge >= 0.3 is 0 Å². The molecule has 6 nitrogen and oxygen atoms in total. The van der Waals surface area contributed by atoms with E-state index in [4.69, 9.17) is 0 Å². The number of aromatic hydroxyl groups is 1. The Labute approximate surface area is 119 Å². The molecule has 108 valence electrons. The van der Waals surface area contributed by atoms with E-state index in [2.05, 4.69) is 5.32 Å². The molecule has 0 aliphatic heterocycles. The standard InChI is InChI=1S/C14H11FN2O4/c1-8-6-9(2-5-13(8)18)16-14(19)11-7-10(17(20)21)3-4-12(11)15/h2-7,18H,1H3,(H,16,19). The minimum atomic E-state index is -0.853. The van der Waals surface area contributed by atoms with Crippen molar-refractivity contribution in [1.29, 1.82) is 0 Å². The van der Waals surface area contributed by atoms with Gasteiger partial charge in [-0.15, -0.1) is 0 Å². The molecule has 0 aliphatic carbocycles. The number of aryl methyl sites for hydroxylation is 1. The van der Waals surface area contributed by atoms with Gasteiger partial charge in [0, 0.05) is 17.8 Å². The van der Waals surface area contributed by atoms with Gasteiger partial charge in [0.1, 0.15) is 11.6 Å². The highest BCUT2D eigenvalue weighted by Gasteiger charge is 2.17. The number of nitro benzene ring substituents is 1. The van der Waals surface area contributed by atoms with Crippen LogP contribution in [-0.2, 0) is 0 Å². The Hall–Kier alpha value is -2.96. The largest absolute Gasteiger partial charge is 0.508 e. The molecule has 2 rings (SSSR count). The van der Waals surface area contributed by atoms with Crippen molar-refractivity contribution < 1.29 is 19.2 Å². The predicted molar refractivity (Wildman–Crippen MR) is 73.9 cm³/mol. The van der Waals surface area contributed by atoms with Crippen molar-refractivity contribution in [3.05, 3.63) is 63.5 Å². The Morgan fingerprint density at radius 3 is 2.62 bits per heavy atom. The van der Waals surface area contributed by atoms with Crippen LogP contribution in [0.2, 0.25) is 0 Å². The van der Waals surface area contributed by atoms with Crippen LogP contribution in [0.5, 0.6) is 5.75 Å². The van der Waals surface area contributed by atoms with Crippen LogP contribution in [0.15, 0.2) is 36.4 Å². The van der Waals surface area contributed by atoms with Gasteiger partial charge in [0.15, 0.2) is 0 Å². The van der Waals surface area contributed by atoms with Gasteiger partial charge in [-0.3, -0.25) is 14.9 Å². The zero-order valence-electron chi connectivity index (χ0n) is 11.0. The molecule has 0 heterocycles. The summed E-state index contributed by atoms with van der Waals surface area (Å²) in [6, 6.07) is 7.05. The Bertz CT molecular complexity index is 731. The zero-order chi connectivity index (χ0) is 15.6. The second-order valence-corrected chi connectivity index (χ2v) is 4.38. The fraction of sp³-hybridized carbons (Fsp3) is 0.0714. The van der Waals surface area contributed by atoms with E-state index >= 15 is 0 Å². The number of halogens is 1. The van der Waals surface area contributed by atoms with Crippen LogP contribution in [0.25, 0.3) is 0 Å². The van der Waals surface area contributed by atoms with Gasteiger partial charge in [0.2, 0.25) is 0 Å². The topological polar surface area (TPSA) is 92.5 Å². The van der Waals surface area contributed by atoms with Crippen LogP contribution in [0, 0.1) is 22.9 Å². The third kappa shape index (κ3) is 3.14. The molecule has 0 radical (unpaired) electrons. The molecule has 0 unspecified atom stereocenters. The Morgan fingerprint density at radius 1 is 1.29 bits per heavy atom. The number of benzene rings is 2. The number of hydrogen-bond acceptors (Lipinski definition) is 4. The van der Waals surface area contributed by atoms with Crippen molar-refractivity contribution >= 4 is 17.3 Å². The normalized spacial score (nSPS) is 10.2. The monoisotopic (exact) mass is 290 g/mol. The molecule has 2 aromatic carbocycles. The molecule has 21 heavy (non-hydrogen) atoms. The molecule has 0 bridgehead atoms. The van der Waals surface area contributed by atoms with Crippen molar-refractivity contribution in [3.8, 4) is 5.75 Å². The summed E-state index contributed by atoms with van der Waals surface area (Å²) in [5.41, 5.74) is 0.0897. The van der Waals surface area contributed by atoms with E-state index in [1.165, 1.54) is 18.2 Å². The number of nitro groups is 1. The van der Waals surface area contributed by atoms with Crippen LogP contribution in [-0.4, -0.2) is 15.9 Å². The Balaban J connectivity index is 2.29. The number of carbonyl (C=O) groups is 1. The van der Waals surface area contributed by atoms with Crippen molar-refractivity contribution in [3.63, 3.8) is 0 Å². The highest BCUT2D eigenvalue weighted by atomic mass is 19.1. The number of nitrogens with one attached hydrogen (secondary N) is 1. The average Bonchev–Trinajstić information content (AvgIpc) is 2.43. The third-order valence-corrected chi connectivity index (χ3v) is 2.86. The molecule has 0 fully saturated rings. The maximum atomic E-state index is 13.6. The first-order valence-corrected chi connectivity index (χ1v) is 5.93. The van der Waals surface area contributed by atoms with Gasteiger partial charge in [-0.05, 0) is 36.8 Å². The first-order valence-electron chi connectivity index (χ1n) is 5.93. The molecular weight excluding hydrogens is 279 g/mol. The van der Waals surface area contributed by atoms with Gasteiger partial charge in [0.25, 0.3) is 11.6 Å². The van der Waals surface area contributed by atoms with Gasteiger partial charge in [-0.25, -0.2) is 4.39 Å². The molecule has 2 N–H and O–H groups in total. The number of non-ortho nitro benzene ring substituents is 1.